The van der Waals surface area contributed by atoms with E-state index in [1.165, 1.54) is 29.7 Å². The molecule has 0 spiro atoms. The molecule has 0 aliphatic carbocycles. The summed E-state index contributed by atoms with van der Waals surface area (Å²) in [5, 5.41) is 6.62. The number of halogens is 1. The standard InChI is InChI=1S/C17H16FN3O/c18-13-5-7-14(8-6-13)21-17(22)19-10-9-12-11-20-16-4-2-1-3-15(12)16/h1-8,11,20H,9-10H2,(H2,19,21,22). The van der Waals surface area contributed by atoms with Crippen molar-refractivity contribution in [3.05, 3.63) is 66.1 Å². The Hall–Kier alpha value is -2.82. The summed E-state index contributed by atoms with van der Waals surface area (Å²) in [4.78, 5) is 15.0. The Balaban J connectivity index is 1.52. The van der Waals surface area contributed by atoms with Crippen molar-refractivity contribution in [2.24, 2.45) is 0 Å². The minimum atomic E-state index is -0.328. The number of fused-ring (bicyclic) bond motifs is 1. The molecule has 4 nitrogen and oxygen atoms in total. The molecular weight excluding hydrogens is 281 g/mol. The van der Waals surface area contributed by atoms with Gasteiger partial charge in [0.25, 0.3) is 0 Å². The van der Waals surface area contributed by atoms with Crippen molar-refractivity contribution in [3.8, 4) is 0 Å². The van der Waals surface area contributed by atoms with Crippen molar-refractivity contribution < 1.29 is 9.18 Å². The second kappa shape index (κ2) is 6.30. The van der Waals surface area contributed by atoms with E-state index < -0.39 is 0 Å². The topological polar surface area (TPSA) is 56.9 Å². The molecule has 2 aromatic carbocycles. The molecule has 0 radical (unpaired) electrons. The number of aromatic nitrogens is 1. The molecule has 1 aromatic heterocycles. The van der Waals surface area contributed by atoms with Gasteiger partial charge in [-0.1, -0.05) is 18.2 Å². The minimum Gasteiger partial charge on any atom is -0.361 e. The lowest BCUT2D eigenvalue weighted by Gasteiger charge is -2.07. The van der Waals surface area contributed by atoms with Crippen molar-refractivity contribution in [2.75, 3.05) is 11.9 Å². The summed E-state index contributed by atoms with van der Waals surface area (Å²) in [5.74, 6) is -0.328. The maximum absolute atomic E-state index is 12.8. The molecule has 5 heteroatoms. The van der Waals surface area contributed by atoms with Crippen LogP contribution in [-0.4, -0.2) is 17.6 Å². The molecule has 3 aromatic rings. The van der Waals surface area contributed by atoms with E-state index in [1.807, 2.05) is 24.4 Å². The van der Waals surface area contributed by atoms with E-state index in [-0.39, 0.29) is 11.8 Å². The number of hydrogen-bond donors (Lipinski definition) is 3. The lowest BCUT2D eigenvalue weighted by molar-refractivity contribution is 0.252. The molecular formula is C17H16FN3O. The van der Waals surface area contributed by atoms with Crippen molar-refractivity contribution in [2.45, 2.75) is 6.42 Å². The van der Waals surface area contributed by atoms with Crippen LogP contribution in [0.15, 0.2) is 54.7 Å². The maximum atomic E-state index is 12.8. The van der Waals surface area contributed by atoms with Gasteiger partial charge in [0.1, 0.15) is 5.82 Å². The first-order valence-corrected chi connectivity index (χ1v) is 7.08. The average molecular weight is 297 g/mol. The van der Waals surface area contributed by atoms with Crippen LogP contribution in [0, 0.1) is 5.82 Å². The predicted octanol–water partition coefficient (Wildman–Crippen LogP) is 3.67. The van der Waals surface area contributed by atoms with Gasteiger partial charge in [-0.3, -0.25) is 0 Å². The Bertz CT molecular complexity index is 780. The van der Waals surface area contributed by atoms with Crippen LogP contribution in [0.4, 0.5) is 14.9 Å². The number of anilines is 1. The number of nitrogens with one attached hydrogen (secondary N) is 3. The summed E-state index contributed by atoms with van der Waals surface area (Å²) in [6, 6.07) is 13.4. The van der Waals surface area contributed by atoms with Gasteiger partial charge in [-0.2, -0.15) is 0 Å². The summed E-state index contributed by atoms with van der Waals surface area (Å²) in [7, 11) is 0. The van der Waals surface area contributed by atoms with Gasteiger partial charge in [0.15, 0.2) is 0 Å². The summed E-state index contributed by atoms with van der Waals surface area (Å²) < 4.78 is 12.8. The van der Waals surface area contributed by atoms with E-state index in [0.717, 1.165) is 17.5 Å². The number of H-pyrrole nitrogens is 1. The predicted molar refractivity (Wildman–Crippen MR) is 85.4 cm³/mol. The van der Waals surface area contributed by atoms with Gasteiger partial charge < -0.3 is 15.6 Å². The van der Waals surface area contributed by atoms with Crippen LogP contribution < -0.4 is 10.6 Å². The zero-order chi connectivity index (χ0) is 15.4. The van der Waals surface area contributed by atoms with Gasteiger partial charge in [-0.25, -0.2) is 9.18 Å². The van der Waals surface area contributed by atoms with Crippen LogP contribution in [0.5, 0.6) is 0 Å². The average Bonchev–Trinajstić information content (AvgIpc) is 2.93. The molecule has 0 aliphatic heterocycles. The molecule has 22 heavy (non-hydrogen) atoms. The Morgan fingerprint density at radius 1 is 1.09 bits per heavy atom. The van der Waals surface area contributed by atoms with Crippen LogP contribution >= 0.6 is 0 Å². The summed E-state index contributed by atoms with van der Waals surface area (Å²) in [6.45, 7) is 0.523. The van der Waals surface area contributed by atoms with Crippen molar-refractivity contribution in [1.29, 1.82) is 0 Å². The normalized spacial score (nSPS) is 10.6. The molecule has 0 fully saturated rings. The number of carbonyl (C=O) groups excluding carboxylic acids is 1. The third-order valence-corrected chi connectivity index (χ3v) is 3.46. The smallest absolute Gasteiger partial charge is 0.319 e. The number of urea groups is 1. The molecule has 0 bridgehead atoms. The molecule has 0 saturated heterocycles. The molecule has 112 valence electrons. The Labute approximate surface area is 127 Å². The highest BCUT2D eigenvalue weighted by atomic mass is 19.1. The van der Waals surface area contributed by atoms with Crippen LogP contribution in [-0.2, 0) is 6.42 Å². The Morgan fingerprint density at radius 3 is 2.68 bits per heavy atom. The molecule has 1 heterocycles. The van der Waals surface area contributed by atoms with E-state index in [9.17, 15) is 9.18 Å². The minimum absolute atomic E-state index is 0.300. The largest absolute Gasteiger partial charge is 0.361 e. The molecule has 0 aliphatic rings. The number of para-hydroxylation sites is 1. The molecule has 2 amide bonds. The van der Waals surface area contributed by atoms with E-state index >= 15 is 0 Å². The van der Waals surface area contributed by atoms with Gasteiger partial charge in [0.2, 0.25) is 0 Å². The number of amides is 2. The van der Waals surface area contributed by atoms with Gasteiger partial charge in [0.05, 0.1) is 0 Å². The SMILES string of the molecule is O=C(NCCc1c[nH]c2ccccc12)Nc1ccc(F)cc1. The molecule has 0 saturated carbocycles. The quantitative estimate of drug-likeness (QED) is 0.676. The number of hydrogen-bond acceptors (Lipinski definition) is 1. The number of rotatable bonds is 4. The summed E-state index contributed by atoms with van der Waals surface area (Å²) in [6.07, 6.45) is 2.70. The second-order valence-electron chi connectivity index (χ2n) is 5.00. The first-order chi connectivity index (χ1) is 10.7. The number of aromatic amines is 1. The zero-order valence-electron chi connectivity index (χ0n) is 11.9. The van der Waals surface area contributed by atoms with Crippen LogP contribution in [0.3, 0.4) is 0 Å². The Kier molecular flexibility index (Phi) is 4.05. The van der Waals surface area contributed by atoms with Crippen LogP contribution in [0.2, 0.25) is 0 Å². The Morgan fingerprint density at radius 2 is 1.86 bits per heavy atom. The first kappa shape index (κ1) is 14.1. The van der Waals surface area contributed by atoms with E-state index in [1.54, 1.807) is 0 Å². The molecule has 0 atom stereocenters. The highest BCUT2D eigenvalue weighted by Crippen LogP contribution is 2.17. The lowest BCUT2D eigenvalue weighted by Crippen LogP contribution is -2.30. The van der Waals surface area contributed by atoms with Gasteiger partial charge in [-0.05, 0) is 42.3 Å². The third kappa shape index (κ3) is 3.25. The van der Waals surface area contributed by atoms with E-state index in [4.69, 9.17) is 0 Å². The highest BCUT2D eigenvalue weighted by molar-refractivity contribution is 5.89. The van der Waals surface area contributed by atoms with E-state index in [2.05, 4.69) is 21.7 Å². The number of carbonyl (C=O) groups is 1. The molecule has 0 unspecified atom stereocenters. The summed E-state index contributed by atoms with van der Waals surface area (Å²) >= 11 is 0. The zero-order valence-corrected chi connectivity index (χ0v) is 11.9. The summed E-state index contributed by atoms with van der Waals surface area (Å²) in [5.41, 5.74) is 2.82. The van der Waals surface area contributed by atoms with Crippen LogP contribution in [0.25, 0.3) is 10.9 Å². The third-order valence-electron chi connectivity index (χ3n) is 3.46. The van der Waals surface area contributed by atoms with Gasteiger partial charge >= 0.3 is 6.03 Å². The molecule has 3 rings (SSSR count). The first-order valence-electron chi connectivity index (χ1n) is 7.08. The maximum Gasteiger partial charge on any atom is 0.319 e. The van der Waals surface area contributed by atoms with Gasteiger partial charge in [0, 0.05) is 29.3 Å². The fourth-order valence-electron chi connectivity index (χ4n) is 2.36. The van der Waals surface area contributed by atoms with E-state index in [0.29, 0.717) is 12.2 Å². The van der Waals surface area contributed by atoms with Gasteiger partial charge in [-0.15, -0.1) is 0 Å². The van der Waals surface area contributed by atoms with Crippen molar-refractivity contribution in [1.82, 2.24) is 10.3 Å². The fourth-order valence-corrected chi connectivity index (χ4v) is 2.36. The lowest BCUT2D eigenvalue weighted by atomic mass is 10.1. The van der Waals surface area contributed by atoms with Crippen molar-refractivity contribution in [3.63, 3.8) is 0 Å². The number of benzene rings is 2. The highest BCUT2D eigenvalue weighted by Gasteiger charge is 2.04. The fraction of sp³-hybridized carbons (Fsp3) is 0.118. The molecule has 3 N–H and O–H groups in total. The van der Waals surface area contributed by atoms with Crippen molar-refractivity contribution >= 4 is 22.6 Å². The van der Waals surface area contributed by atoms with Crippen LogP contribution in [0.1, 0.15) is 5.56 Å². The monoisotopic (exact) mass is 297 g/mol. The second-order valence-corrected chi connectivity index (χ2v) is 5.00.